The molecule has 2 atom stereocenters. The number of aliphatic carboxylic acids is 1. The van der Waals surface area contributed by atoms with E-state index < -0.39 is 11.9 Å². The molecular weight excluding hydrogens is 352 g/mol. The number of esters is 1. The van der Waals surface area contributed by atoms with Crippen LogP contribution < -0.4 is 0 Å². The molecule has 0 aromatic carbocycles. The molecule has 4 heteroatoms. The predicted octanol–water partition coefficient (Wildman–Crippen LogP) is 6.78. The predicted molar refractivity (Wildman–Crippen MR) is 116 cm³/mol. The molecule has 0 aromatic heterocycles. The average molecular weight is 397 g/mol. The van der Waals surface area contributed by atoms with E-state index in [1.54, 1.807) is 0 Å². The summed E-state index contributed by atoms with van der Waals surface area (Å²) < 4.78 is 5.03. The lowest BCUT2D eigenvalue weighted by Gasteiger charge is -2.15. The highest BCUT2D eigenvalue weighted by Gasteiger charge is 2.07. The first-order chi connectivity index (χ1) is 13.2. The zero-order valence-electron chi connectivity index (χ0n) is 19.0. The van der Waals surface area contributed by atoms with E-state index in [2.05, 4.69) is 34.6 Å². The van der Waals surface area contributed by atoms with Crippen LogP contribution in [0.15, 0.2) is 11.6 Å². The number of carbonyl (C=O) groups excluding carboxylic acids is 1. The summed E-state index contributed by atoms with van der Waals surface area (Å²) in [6.45, 7) is 11.7. The Morgan fingerprint density at radius 2 is 1.36 bits per heavy atom. The first kappa shape index (κ1) is 26.7. The van der Waals surface area contributed by atoms with E-state index in [4.69, 9.17) is 9.84 Å². The summed E-state index contributed by atoms with van der Waals surface area (Å²) in [7, 11) is 0. The molecule has 0 heterocycles. The first-order valence-corrected chi connectivity index (χ1v) is 11.2. The summed E-state index contributed by atoms with van der Waals surface area (Å²) in [5.41, 5.74) is 1.23. The molecule has 0 aliphatic rings. The van der Waals surface area contributed by atoms with Crippen LogP contribution in [-0.2, 0) is 14.3 Å². The lowest BCUT2D eigenvalue weighted by Crippen LogP contribution is -2.07. The highest BCUT2D eigenvalue weighted by Crippen LogP contribution is 2.22. The van der Waals surface area contributed by atoms with Crippen molar-refractivity contribution in [2.24, 2.45) is 17.8 Å². The van der Waals surface area contributed by atoms with E-state index >= 15 is 0 Å². The Bertz CT molecular complexity index is 454. The minimum Gasteiger partial charge on any atom is -0.481 e. The molecule has 4 nitrogen and oxygen atoms in total. The molecule has 0 rings (SSSR count). The van der Waals surface area contributed by atoms with E-state index in [0.717, 1.165) is 24.2 Å². The van der Waals surface area contributed by atoms with Crippen LogP contribution in [0.25, 0.3) is 0 Å². The highest BCUT2D eigenvalue weighted by atomic mass is 16.5. The number of allylic oxidation sites excluding steroid dienone is 1. The van der Waals surface area contributed by atoms with Gasteiger partial charge in [-0.2, -0.15) is 0 Å². The van der Waals surface area contributed by atoms with Crippen molar-refractivity contribution in [2.45, 2.75) is 105 Å². The maximum Gasteiger partial charge on any atom is 0.306 e. The van der Waals surface area contributed by atoms with Crippen LogP contribution in [0.1, 0.15) is 105 Å². The molecule has 0 radical (unpaired) electrons. The quantitative estimate of drug-likeness (QED) is 0.217. The van der Waals surface area contributed by atoms with Crippen molar-refractivity contribution in [1.82, 2.24) is 0 Å². The lowest BCUT2D eigenvalue weighted by molar-refractivity contribution is -0.146. The monoisotopic (exact) mass is 396 g/mol. The fourth-order valence-corrected chi connectivity index (χ4v) is 3.37. The van der Waals surface area contributed by atoms with E-state index in [9.17, 15) is 9.59 Å². The molecule has 0 saturated carbocycles. The van der Waals surface area contributed by atoms with Gasteiger partial charge in [0.15, 0.2) is 0 Å². The Balaban J connectivity index is 3.71. The summed E-state index contributed by atoms with van der Waals surface area (Å²) in [5, 5.41) is 8.53. The van der Waals surface area contributed by atoms with Crippen molar-refractivity contribution in [1.29, 1.82) is 0 Å². The largest absolute Gasteiger partial charge is 0.481 e. The van der Waals surface area contributed by atoms with Crippen LogP contribution >= 0.6 is 0 Å². The van der Waals surface area contributed by atoms with E-state index in [-0.39, 0.29) is 19.4 Å². The third kappa shape index (κ3) is 18.1. The first-order valence-electron chi connectivity index (χ1n) is 11.2. The Labute approximate surface area is 173 Å². The van der Waals surface area contributed by atoms with Gasteiger partial charge in [0.1, 0.15) is 6.61 Å². The van der Waals surface area contributed by atoms with Crippen LogP contribution in [0.5, 0.6) is 0 Å². The van der Waals surface area contributed by atoms with Gasteiger partial charge in [0.25, 0.3) is 0 Å². The number of carboxylic acids is 1. The Morgan fingerprint density at radius 1 is 0.821 bits per heavy atom. The minimum atomic E-state index is -0.974. The number of hydrogen-bond donors (Lipinski definition) is 1. The number of carbonyl (C=O) groups is 2. The molecule has 0 aliphatic carbocycles. The summed E-state index contributed by atoms with van der Waals surface area (Å²) >= 11 is 0. The molecular formula is C24H44O4. The molecule has 0 saturated heterocycles. The molecule has 2 unspecified atom stereocenters. The van der Waals surface area contributed by atoms with Gasteiger partial charge in [0.05, 0.1) is 12.8 Å². The van der Waals surface area contributed by atoms with Gasteiger partial charge in [-0.05, 0) is 43.6 Å². The third-order valence-electron chi connectivity index (χ3n) is 5.36. The molecule has 0 bridgehead atoms. The second kappa shape index (κ2) is 16.6. The number of ether oxygens (including phenoxy) is 1. The topological polar surface area (TPSA) is 63.6 Å². The zero-order valence-corrected chi connectivity index (χ0v) is 19.0. The summed E-state index contributed by atoms with van der Waals surface area (Å²) in [4.78, 5) is 21.8. The van der Waals surface area contributed by atoms with Crippen molar-refractivity contribution in [3.63, 3.8) is 0 Å². The van der Waals surface area contributed by atoms with E-state index in [0.29, 0.717) is 0 Å². The van der Waals surface area contributed by atoms with E-state index in [1.165, 1.54) is 56.9 Å². The van der Waals surface area contributed by atoms with Crippen molar-refractivity contribution >= 4 is 11.9 Å². The lowest BCUT2D eigenvalue weighted by atomic mass is 9.91. The van der Waals surface area contributed by atoms with Crippen LogP contribution in [0.4, 0.5) is 0 Å². The Morgan fingerprint density at radius 3 is 1.89 bits per heavy atom. The molecule has 164 valence electrons. The van der Waals surface area contributed by atoms with Crippen LogP contribution in [0.2, 0.25) is 0 Å². The van der Waals surface area contributed by atoms with Gasteiger partial charge in [-0.15, -0.1) is 0 Å². The van der Waals surface area contributed by atoms with Crippen LogP contribution in [0, 0.1) is 17.8 Å². The van der Waals surface area contributed by atoms with E-state index in [1.807, 2.05) is 6.08 Å². The molecule has 28 heavy (non-hydrogen) atoms. The Kier molecular flexibility index (Phi) is 15.8. The molecule has 0 aliphatic heterocycles. The molecule has 0 spiro atoms. The Hall–Kier alpha value is -1.32. The zero-order chi connectivity index (χ0) is 21.4. The third-order valence-corrected chi connectivity index (χ3v) is 5.36. The average Bonchev–Trinajstić information content (AvgIpc) is 2.59. The van der Waals surface area contributed by atoms with Gasteiger partial charge in [-0.1, -0.05) is 78.2 Å². The highest BCUT2D eigenvalue weighted by molar-refractivity contribution is 5.76. The molecule has 0 fully saturated rings. The van der Waals surface area contributed by atoms with Crippen LogP contribution in [-0.4, -0.2) is 23.7 Å². The summed E-state index contributed by atoms with van der Waals surface area (Å²) in [6, 6.07) is 0. The molecule has 1 N–H and O–H groups in total. The minimum absolute atomic E-state index is 0.0594. The van der Waals surface area contributed by atoms with Gasteiger partial charge >= 0.3 is 11.9 Å². The maximum atomic E-state index is 11.4. The second-order valence-corrected chi connectivity index (χ2v) is 8.99. The van der Waals surface area contributed by atoms with Gasteiger partial charge in [0, 0.05) is 0 Å². The normalized spacial score (nSPS) is 14.1. The van der Waals surface area contributed by atoms with Gasteiger partial charge in [0.2, 0.25) is 0 Å². The maximum absolute atomic E-state index is 11.4. The number of carboxylic acid groups (broad SMARTS) is 1. The molecule has 0 amide bonds. The van der Waals surface area contributed by atoms with Crippen molar-refractivity contribution in [2.75, 3.05) is 6.61 Å². The summed E-state index contributed by atoms with van der Waals surface area (Å²) in [6.07, 6.45) is 13.3. The fourth-order valence-electron chi connectivity index (χ4n) is 3.37. The SMILES string of the molecule is C/C(=C\COC(=O)CCC(=O)O)CCCC(C)CCCC(C)CCCC(C)C. The summed E-state index contributed by atoms with van der Waals surface area (Å²) in [5.74, 6) is 1.03. The molecule has 0 aromatic rings. The fraction of sp³-hybridized carbons (Fsp3) is 0.833. The van der Waals surface area contributed by atoms with Gasteiger partial charge < -0.3 is 9.84 Å². The van der Waals surface area contributed by atoms with Crippen LogP contribution in [0.3, 0.4) is 0 Å². The van der Waals surface area contributed by atoms with Crippen molar-refractivity contribution < 1.29 is 19.4 Å². The van der Waals surface area contributed by atoms with Gasteiger partial charge in [-0.25, -0.2) is 0 Å². The van der Waals surface area contributed by atoms with Crippen molar-refractivity contribution in [3.8, 4) is 0 Å². The van der Waals surface area contributed by atoms with Gasteiger partial charge in [-0.3, -0.25) is 9.59 Å². The number of rotatable bonds is 17. The number of hydrogen-bond acceptors (Lipinski definition) is 3. The smallest absolute Gasteiger partial charge is 0.306 e. The van der Waals surface area contributed by atoms with Crippen molar-refractivity contribution in [3.05, 3.63) is 11.6 Å². The second-order valence-electron chi connectivity index (χ2n) is 8.99. The standard InChI is InChI=1S/C24H44O4/c1-19(2)9-6-10-20(3)11-7-12-21(4)13-8-14-22(5)17-18-28-24(27)16-15-23(25)26/h17,19-21H,6-16,18H2,1-5H3,(H,25,26)/b22-17+.